The normalized spacial score (nSPS) is 26.5. The van der Waals surface area contributed by atoms with Gasteiger partial charge in [0.2, 0.25) is 0 Å². The van der Waals surface area contributed by atoms with Crippen molar-refractivity contribution >= 4 is 17.5 Å². The minimum atomic E-state index is -2.15. The van der Waals surface area contributed by atoms with Crippen molar-refractivity contribution in [1.29, 1.82) is 0 Å². The number of aliphatic hydroxyl groups excluding tert-OH is 1. The van der Waals surface area contributed by atoms with E-state index < -0.39 is 40.6 Å². The highest BCUT2D eigenvalue weighted by Gasteiger charge is 2.68. The van der Waals surface area contributed by atoms with Crippen LogP contribution in [0.4, 0.5) is 0 Å². The third-order valence-corrected chi connectivity index (χ3v) is 5.46. The molecular formula is C20H26O8. The van der Waals surface area contributed by atoms with Crippen LogP contribution in [0.5, 0.6) is 5.75 Å². The zero-order chi connectivity index (χ0) is 21.4. The first-order valence-corrected chi connectivity index (χ1v) is 8.90. The third-order valence-electron chi connectivity index (χ3n) is 5.46. The Balaban J connectivity index is 3.02. The summed E-state index contributed by atoms with van der Waals surface area (Å²) in [6.07, 6.45) is -1.50. The summed E-state index contributed by atoms with van der Waals surface area (Å²) in [5.74, 6) is -2.62. The molecule has 0 amide bonds. The number of esters is 1. The lowest BCUT2D eigenvalue weighted by atomic mass is 9.62. The Morgan fingerprint density at radius 1 is 1.18 bits per heavy atom. The molecule has 1 aromatic rings. The summed E-state index contributed by atoms with van der Waals surface area (Å²) in [7, 11) is 2.37. The van der Waals surface area contributed by atoms with Crippen molar-refractivity contribution in [1.82, 2.24) is 0 Å². The molecule has 28 heavy (non-hydrogen) atoms. The minimum Gasteiger partial charge on any atom is -0.507 e. The van der Waals surface area contributed by atoms with Crippen molar-refractivity contribution in [2.45, 2.75) is 51.4 Å². The summed E-state index contributed by atoms with van der Waals surface area (Å²) >= 11 is 0. The fourth-order valence-corrected chi connectivity index (χ4v) is 4.40. The number of hydrogen-bond donors (Lipinski definition) is 2. The number of rotatable bonds is 6. The fourth-order valence-electron chi connectivity index (χ4n) is 4.40. The molecule has 0 saturated heterocycles. The predicted octanol–water partition coefficient (Wildman–Crippen LogP) is 1.20. The van der Waals surface area contributed by atoms with E-state index in [1.807, 2.05) is 0 Å². The highest BCUT2D eigenvalue weighted by Crippen LogP contribution is 2.52. The SMILES string of the molecule is CCOC(=O)c1c(C)cc2c(c1O)C(OC)(C(C)=O)C(OC)(C(C)=O)C(O)C2. The maximum Gasteiger partial charge on any atom is 0.342 e. The van der Waals surface area contributed by atoms with Crippen LogP contribution in [0.2, 0.25) is 0 Å². The zero-order valence-electron chi connectivity index (χ0n) is 16.9. The van der Waals surface area contributed by atoms with E-state index in [4.69, 9.17) is 14.2 Å². The van der Waals surface area contributed by atoms with Crippen LogP contribution < -0.4 is 0 Å². The van der Waals surface area contributed by atoms with E-state index in [2.05, 4.69) is 0 Å². The van der Waals surface area contributed by atoms with Gasteiger partial charge in [0.25, 0.3) is 0 Å². The van der Waals surface area contributed by atoms with Gasteiger partial charge in [-0.3, -0.25) is 9.59 Å². The monoisotopic (exact) mass is 394 g/mol. The van der Waals surface area contributed by atoms with Crippen molar-refractivity contribution in [3.63, 3.8) is 0 Å². The Hall–Kier alpha value is -2.29. The number of carbonyl (C=O) groups is 3. The van der Waals surface area contributed by atoms with Gasteiger partial charge in [0.1, 0.15) is 11.3 Å². The van der Waals surface area contributed by atoms with Gasteiger partial charge in [0.05, 0.1) is 12.7 Å². The summed E-state index contributed by atoms with van der Waals surface area (Å²) in [6.45, 7) is 5.66. The molecule has 3 atom stereocenters. The molecule has 0 bridgehead atoms. The largest absolute Gasteiger partial charge is 0.507 e. The number of carbonyl (C=O) groups excluding carboxylic acids is 3. The van der Waals surface area contributed by atoms with Gasteiger partial charge in [-0.2, -0.15) is 0 Å². The number of fused-ring (bicyclic) bond motifs is 1. The number of ketones is 2. The predicted molar refractivity (Wildman–Crippen MR) is 98.3 cm³/mol. The molecule has 2 rings (SSSR count). The lowest BCUT2D eigenvalue weighted by Crippen LogP contribution is -2.70. The van der Waals surface area contributed by atoms with Crippen LogP contribution in [0.25, 0.3) is 0 Å². The molecule has 0 aliphatic heterocycles. The zero-order valence-corrected chi connectivity index (χ0v) is 16.9. The molecule has 8 nitrogen and oxygen atoms in total. The van der Waals surface area contributed by atoms with E-state index >= 15 is 0 Å². The molecular weight excluding hydrogens is 368 g/mol. The number of aromatic hydroxyl groups is 1. The van der Waals surface area contributed by atoms with E-state index in [1.165, 1.54) is 28.1 Å². The van der Waals surface area contributed by atoms with Crippen molar-refractivity contribution in [3.8, 4) is 5.75 Å². The number of Topliss-reactive ketones (excluding diaryl/α,β-unsaturated/α-hetero) is 2. The molecule has 0 saturated carbocycles. The first-order valence-electron chi connectivity index (χ1n) is 8.90. The van der Waals surface area contributed by atoms with Crippen molar-refractivity contribution in [2.24, 2.45) is 0 Å². The first kappa shape index (κ1) is 22.0. The molecule has 1 aliphatic rings. The molecule has 0 spiro atoms. The van der Waals surface area contributed by atoms with E-state index in [0.717, 1.165) is 0 Å². The Morgan fingerprint density at radius 2 is 1.79 bits per heavy atom. The molecule has 8 heteroatoms. The molecule has 0 aromatic heterocycles. The Morgan fingerprint density at radius 3 is 2.21 bits per heavy atom. The van der Waals surface area contributed by atoms with Gasteiger partial charge < -0.3 is 24.4 Å². The van der Waals surface area contributed by atoms with Gasteiger partial charge >= 0.3 is 5.97 Å². The number of methoxy groups -OCH3 is 2. The molecule has 0 fully saturated rings. The van der Waals surface area contributed by atoms with Crippen LogP contribution in [-0.2, 0) is 35.8 Å². The maximum absolute atomic E-state index is 12.9. The highest BCUT2D eigenvalue weighted by molar-refractivity contribution is 6.02. The first-order chi connectivity index (χ1) is 13.1. The van der Waals surface area contributed by atoms with Crippen molar-refractivity contribution in [3.05, 3.63) is 28.3 Å². The molecule has 154 valence electrons. The standard InChI is InChI=1S/C20H26O8/c1-7-28-18(25)15-10(2)8-13-9-14(23)19(26-5,11(3)21)20(27-6,12(4)22)16(13)17(15)24/h8,14,23-24H,7,9H2,1-6H3. The number of phenols is 1. The minimum absolute atomic E-state index is 0.0708. The summed E-state index contributed by atoms with van der Waals surface area (Å²) in [4.78, 5) is 38.0. The molecule has 2 N–H and O–H groups in total. The Kier molecular flexibility index (Phi) is 5.98. The topological polar surface area (TPSA) is 119 Å². The third kappa shape index (κ3) is 2.67. The molecule has 3 unspecified atom stereocenters. The highest BCUT2D eigenvalue weighted by atomic mass is 16.6. The van der Waals surface area contributed by atoms with Crippen molar-refractivity contribution in [2.75, 3.05) is 20.8 Å². The second kappa shape index (κ2) is 7.62. The summed E-state index contributed by atoms with van der Waals surface area (Å²) in [6, 6.07) is 1.57. The Labute approximate surface area is 163 Å². The average Bonchev–Trinajstić information content (AvgIpc) is 2.60. The van der Waals surface area contributed by atoms with Crippen LogP contribution in [0, 0.1) is 6.92 Å². The van der Waals surface area contributed by atoms with Crippen LogP contribution in [0.15, 0.2) is 6.07 Å². The number of hydrogen-bond acceptors (Lipinski definition) is 8. The second-order valence-corrected chi connectivity index (χ2v) is 6.83. The number of aryl methyl sites for hydroxylation is 1. The number of phenolic OH excluding ortho intramolecular Hbond substituents is 1. The van der Waals surface area contributed by atoms with Gasteiger partial charge in [0, 0.05) is 26.2 Å². The molecule has 0 heterocycles. The van der Waals surface area contributed by atoms with Crippen LogP contribution in [0.1, 0.15) is 47.8 Å². The molecule has 0 radical (unpaired) electrons. The van der Waals surface area contributed by atoms with Crippen LogP contribution >= 0.6 is 0 Å². The number of aliphatic hydroxyl groups is 1. The summed E-state index contributed by atoms with van der Waals surface area (Å²) in [5, 5.41) is 21.9. The van der Waals surface area contributed by atoms with Gasteiger partial charge in [-0.15, -0.1) is 0 Å². The van der Waals surface area contributed by atoms with E-state index in [9.17, 15) is 24.6 Å². The lowest BCUT2D eigenvalue weighted by molar-refractivity contribution is -0.228. The van der Waals surface area contributed by atoms with Gasteiger partial charge in [-0.25, -0.2) is 4.79 Å². The summed E-state index contributed by atoms with van der Waals surface area (Å²) < 4.78 is 16.0. The molecule has 1 aromatic carbocycles. The lowest BCUT2D eigenvalue weighted by Gasteiger charge is -2.51. The molecule has 1 aliphatic carbocycles. The Bertz CT molecular complexity index is 830. The summed E-state index contributed by atoms with van der Waals surface area (Å²) in [5.41, 5.74) is -3.67. The van der Waals surface area contributed by atoms with E-state index in [1.54, 1.807) is 19.9 Å². The van der Waals surface area contributed by atoms with Crippen LogP contribution in [0.3, 0.4) is 0 Å². The van der Waals surface area contributed by atoms with Crippen LogP contribution in [-0.4, -0.2) is 60.3 Å². The van der Waals surface area contributed by atoms with Gasteiger partial charge in [-0.05, 0) is 38.8 Å². The van der Waals surface area contributed by atoms with Gasteiger partial charge in [0.15, 0.2) is 22.8 Å². The van der Waals surface area contributed by atoms with E-state index in [-0.39, 0.29) is 24.2 Å². The quantitative estimate of drug-likeness (QED) is 0.691. The number of benzene rings is 1. The smallest absolute Gasteiger partial charge is 0.342 e. The maximum atomic E-state index is 12.9. The average molecular weight is 394 g/mol. The van der Waals surface area contributed by atoms with E-state index in [0.29, 0.717) is 11.1 Å². The van der Waals surface area contributed by atoms with Gasteiger partial charge in [-0.1, -0.05) is 6.07 Å². The number of ether oxygens (including phenoxy) is 3. The second-order valence-electron chi connectivity index (χ2n) is 6.83. The fraction of sp³-hybridized carbons (Fsp3) is 0.550. The van der Waals surface area contributed by atoms with Crippen molar-refractivity contribution < 1.29 is 38.8 Å².